The van der Waals surface area contributed by atoms with Gasteiger partial charge in [-0.3, -0.25) is 9.78 Å². The molecule has 5 nitrogen and oxygen atoms in total. The van der Waals surface area contributed by atoms with Gasteiger partial charge in [0.15, 0.2) is 5.58 Å². The molecular formula is C16H15N3O2. The second kappa shape index (κ2) is 4.94. The molecule has 0 unspecified atom stereocenters. The average Bonchev–Trinajstić information content (AvgIpc) is 2.81. The Morgan fingerprint density at radius 2 is 1.90 bits per heavy atom. The van der Waals surface area contributed by atoms with Crippen LogP contribution in [0.2, 0.25) is 0 Å². The van der Waals surface area contributed by atoms with Crippen LogP contribution in [0.5, 0.6) is 0 Å². The maximum absolute atomic E-state index is 12.4. The summed E-state index contributed by atoms with van der Waals surface area (Å²) in [5.41, 5.74) is 9.96. The Morgan fingerprint density at radius 1 is 1.19 bits per heavy atom. The molecule has 3 rings (SSSR count). The summed E-state index contributed by atoms with van der Waals surface area (Å²) in [4.78, 5) is 16.5. The van der Waals surface area contributed by atoms with E-state index in [-0.39, 0.29) is 17.4 Å². The molecule has 0 aliphatic rings. The summed E-state index contributed by atoms with van der Waals surface area (Å²) in [7, 11) is 0. The first kappa shape index (κ1) is 13.2. The van der Waals surface area contributed by atoms with Gasteiger partial charge < -0.3 is 15.5 Å². The monoisotopic (exact) mass is 281 g/mol. The summed E-state index contributed by atoms with van der Waals surface area (Å²) in [5, 5.41) is 2.86. The van der Waals surface area contributed by atoms with Gasteiger partial charge in [-0.1, -0.05) is 18.2 Å². The second-order valence-corrected chi connectivity index (χ2v) is 4.92. The molecule has 2 aromatic heterocycles. The molecule has 0 aliphatic heterocycles. The highest BCUT2D eigenvalue weighted by atomic mass is 16.3. The van der Waals surface area contributed by atoms with Crippen molar-refractivity contribution < 1.29 is 9.21 Å². The van der Waals surface area contributed by atoms with E-state index in [1.165, 1.54) is 0 Å². The zero-order valence-corrected chi connectivity index (χ0v) is 11.8. The quantitative estimate of drug-likeness (QED) is 0.755. The Hall–Kier alpha value is -2.82. The van der Waals surface area contributed by atoms with E-state index in [1.54, 1.807) is 18.3 Å². The number of rotatable bonds is 2. The molecule has 1 aromatic carbocycles. The number of nitrogens with zero attached hydrogens (tertiary/aromatic N) is 1. The van der Waals surface area contributed by atoms with E-state index in [1.807, 2.05) is 32.0 Å². The number of para-hydroxylation sites is 1. The standard InChI is InChI=1S/C16H15N3O2/c1-9-5-3-6-10(2)13(9)19-16(20)15-12(17)14-11(21-15)7-4-8-18-14/h3-8H,17H2,1-2H3,(H,19,20). The van der Waals surface area contributed by atoms with Crippen molar-refractivity contribution in [3.8, 4) is 0 Å². The average molecular weight is 281 g/mol. The second-order valence-electron chi connectivity index (χ2n) is 4.92. The maximum Gasteiger partial charge on any atom is 0.293 e. The number of nitrogens with one attached hydrogen (secondary N) is 1. The van der Waals surface area contributed by atoms with Crippen LogP contribution in [0.25, 0.3) is 11.1 Å². The summed E-state index contributed by atoms with van der Waals surface area (Å²) >= 11 is 0. The fraction of sp³-hybridized carbons (Fsp3) is 0.125. The van der Waals surface area contributed by atoms with Crippen molar-refractivity contribution in [3.05, 3.63) is 53.4 Å². The predicted octanol–water partition coefficient (Wildman–Crippen LogP) is 3.28. The number of aryl methyl sites for hydroxylation is 2. The third kappa shape index (κ3) is 2.23. The van der Waals surface area contributed by atoms with Crippen molar-refractivity contribution >= 4 is 28.4 Å². The lowest BCUT2D eigenvalue weighted by Crippen LogP contribution is -2.14. The topological polar surface area (TPSA) is 81.2 Å². The molecule has 21 heavy (non-hydrogen) atoms. The maximum atomic E-state index is 12.4. The number of pyridine rings is 1. The van der Waals surface area contributed by atoms with Gasteiger partial charge in [-0.05, 0) is 37.1 Å². The largest absolute Gasteiger partial charge is 0.447 e. The molecule has 0 atom stereocenters. The number of aromatic nitrogens is 1. The Kier molecular flexibility index (Phi) is 3.10. The number of amides is 1. The van der Waals surface area contributed by atoms with Gasteiger partial charge in [0.05, 0.1) is 0 Å². The third-order valence-corrected chi connectivity index (χ3v) is 3.41. The van der Waals surface area contributed by atoms with Crippen molar-refractivity contribution in [1.82, 2.24) is 4.98 Å². The molecule has 3 aromatic rings. The number of fused-ring (bicyclic) bond motifs is 1. The van der Waals surface area contributed by atoms with Gasteiger partial charge in [-0.25, -0.2) is 0 Å². The number of benzene rings is 1. The number of carbonyl (C=O) groups excluding carboxylic acids is 1. The highest BCUT2D eigenvalue weighted by molar-refractivity contribution is 6.10. The Labute approximate surface area is 121 Å². The van der Waals surface area contributed by atoms with E-state index in [0.717, 1.165) is 16.8 Å². The van der Waals surface area contributed by atoms with Crippen LogP contribution in [0.3, 0.4) is 0 Å². The van der Waals surface area contributed by atoms with Crippen molar-refractivity contribution in [2.24, 2.45) is 0 Å². The minimum absolute atomic E-state index is 0.0892. The van der Waals surface area contributed by atoms with E-state index in [2.05, 4.69) is 10.3 Å². The number of hydrogen-bond donors (Lipinski definition) is 2. The van der Waals surface area contributed by atoms with Crippen LogP contribution >= 0.6 is 0 Å². The predicted molar refractivity (Wildman–Crippen MR) is 82.3 cm³/mol. The fourth-order valence-electron chi connectivity index (χ4n) is 2.30. The van der Waals surface area contributed by atoms with Crippen LogP contribution in [0.15, 0.2) is 40.9 Å². The molecule has 0 fully saturated rings. The van der Waals surface area contributed by atoms with E-state index in [0.29, 0.717) is 11.1 Å². The zero-order valence-electron chi connectivity index (χ0n) is 11.8. The van der Waals surface area contributed by atoms with Gasteiger partial charge in [0.1, 0.15) is 11.2 Å². The van der Waals surface area contributed by atoms with Gasteiger partial charge >= 0.3 is 0 Å². The number of furan rings is 1. The lowest BCUT2D eigenvalue weighted by atomic mass is 10.1. The zero-order chi connectivity index (χ0) is 15.0. The summed E-state index contributed by atoms with van der Waals surface area (Å²) in [6.07, 6.45) is 1.61. The molecule has 2 heterocycles. The van der Waals surface area contributed by atoms with Gasteiger partial charge in [0.2, 0.25) is 5.76 Å². The SMILES string of the molecule is Cc1cccc(C)c1NC(=O)c1oc2cccnc2c1N. The van der Waals surface area contributed by atoms with E-state index in [4.69, 9.17) is 10.2 Å². The minimum Gasteiger partial charge on any atom is -0.447 e. The molecular weight excluding hydrogens is 266 g/mol. The first-order chi connectivity index (χ1) is 10.1. The van der Waals surface area contributed by atoms with E-state index in [9.17, 15) is 4.79 Å². The molecule has 0 spiro atoms. The number of carbonyl (C=O) groups is 1. The highest BCUT2D eigenvalue weighted by Gasteiger charge is 2.20. The molecule has 0 radical (unpaired) electrons. The van der Waals surface area contributed by atoms with Gasteiger partial charge in [-0.2, -0.15) is 0 Å². The number of nitrogen functional groups attached to an aromatic ring is 1. The van der Waals surface area contributed by atoms with Crippen LogP contribution in [-0.4, -0.2) is 10.9 Å². The smallest absolute Gasteiger partial charge is 0.293 e. The van der Waals surface area contributed by atoms with Crippen LogP contribution in [0.1, 0.15) is 21.7 Å². The number of nitrogens with two attached hydrogens (primary N) is 1. The fourth-order valence-corrected chi connectivity index (χ4v) is 2.30. The summed E-state index contributed by atoms with van der Waals surface area (Å²) in [5.74, 6) is -0.283. The molecule has 1 amide bonds. The lowest BCUT2D eigenvalue weighted by Gasteiger charge is -2.10. The van der Waals surface area contributed by atoms with Crippen LogP contribution in [-0.2, 0) is 0 Å². The molecule has 5 heteroatoms. The Bertz CT molecular complexity index is 816. The van der Waals surface area contributed by atoms with Crippen LogP contribution in [0.4, 0.5) is 11.4 Å². The molecule has 3 N–H and O–H groups in total. The summed E-state index contributed by atoms with van der Waals surface area (Å²) in [6.45, 7) is 3.87. The first-order valence-electron chi connectivity index (χ1n) is 6.58. The van der Waals surface area contributed by atoms with Crippen LogP contribution < -0.4 is 11.1 Å². The van der Waals surface area contributed by atoms with E-state index >= 15 is 0 Å². The van der Waals surface area contributed by atoms with Crippen molar-refractivity contribution in [1.29, 1.82) is 0 Å². The van der Waals surface area contributed by atoms with Crippen molar-refractivity contribution in [3.63, 3.8) is 0 Å². The molecule has 0 saturated heterocycles. The lowest BCUT2D eigenvalue weighted by molar-refractivity contribution is 0.0999. The van der Waals surface area contributed by atoms with E-state index < -0.39 is 0 Å². The molecule has 106 valence electrons. The Morgan fingerprint density at radius 3 is 2.57 bits per heavy atom. The minimum atomic E-state index is -0.372. The molecule has 0 bridgehead atoms. The molecule has 0 aliphatic carbocycles. The van der Waals surface area contributed by atoms with Crippen molar-refractivity contribution in [2.45, 2.75) is 13.8 Å². The molecule has 0 saturated carbocycles. The summed E-state index contributed by atoms with van der Waals surface area (Å²) in [6, 6.07) is 9.28. The van der Waals surface area contributed by atoms with Gasteiger partial charge in [0.25, 0.3) is 5.91 Å². The third-order valence-electron chi connectivity index (χ3n) is 3.41. The highest BCUT2D eigenvalue weighted by Crippen LogP contribution is 2.28. The first-order valence-corrected chi connectivity index (χ1v) is 6.58. The van der Waals surface area contributed by atoms with Crippen molar-refractivity contribution in [2.75, 3.05) is 11.1 Å². The number of anilines is 2. The number of hydrogen-bond acceptors (Lipinski definition) is 4. The van der Waals surface area contributed by atoms with Gasteiger partial charge in [-0.15, -0.1) is 0 Å². The Balaban J connectivity index is 2.00. The van der Waals surface area contributed by atoms with Crippen LogP contribution in [0, 0.1) is 13.8 Å². The van der Waals surface area contributed by atoms with Gasteiger partial charge in [0, 0.05) is 11.9 Å². The summed E-state index contributed by atoms with van der Waals surface area (Å²) < 4.78 is 5.51. The normalized spacial score (nSPS) is 10.8.